The van der Waals surface area contributed by atoms with Crippen LogP contribution in [0, 0.1) is 0 Å². The highest BCUT2D eigenvalue weighted by Crippen LogP contribution is 2.37. The molecule has 0 radical (unpaired) electrons. The maximum atomic E-state index is 12.0. The zero-order chi connectivity index (χ0) is 14.2. The zero-order valence-corrected chi connectivity index (χ0v) is 10.6. The molecule has 100 valence electrons. The summed E-state index contributed by atoms with van der Waals surface area (Å²) in [6.07, 6.45) is 1.76. The third-order valence-corrected chi connectivity index (χ3v) is 3.15. The molecule has 4 N–H and O–H groups in total. The SMILES string of the molecule is CCCc1ccc2c(c1)C(C(N)=O)C(=O)N2C(N)=O. The Morgan fingerprint density at radius 1 is 1.32 bits per heavy atom. The van der Waals surface area contributed by atoms with E-state index in [9.17, 15) is 14.4 Å². The molecule has 0 aromatic heterocycles. The van der Waals surface area contributed by atoms with Crippen molar-refractivity contribution in [3.63, 3.8) is 0 Å². The first-order valence-electron chi connectivity index (χ1n) is 6.03. The van der Waals surface area contributed by atoms with Gasteiger partial charge in [0.2, 0.25) is 5.91 Å². The van der Waals surface area contributed by atoms with E-state index in [4.69, 9.17) is 11.5 Å². The minimum atomic E-state index is -1.13. The zero-order valence-electron chi connectivity index (χ0n) is 10.6. The molecule has 1 atom stereocenters. The number of hydrogen-bond donors (Lipinski definition) is 2. The molecule has 6 heteroatoms. The molecule has 6 nitrogen and oxygen atoms in total. The molecular weight excluding hydrogens is 246 g/mol. The summed E-state index contributed by atoms with van der Waals surface area (Å²) in [7, 11) is 0. The Hall–Kier alpha value is -2.37. The molecule has 0 bridgehead atoms. The van der Waals surface area contributed by atoms with E-state index >= 15 is 0 Å². The van der Waals surface area contributed by atoms with Gasteiger partial charge in [-0.25, -0.2) is 9.69 Å². The Kier molecular flexibility index (Phi) is 3.25. The smallest absolute Gasteiger partial charge is 0.326 e. The van der Waals surface area contributed by atoms with Gasteiger partial charge in [-0.1, -0.05) is 25.5 Å². The first-order chi connectivity index (χ1) is 8.97. The number of amides is 4. The molecular formula is C13H15N3O3. The molecule has 0 fully saturated rings. The van der Waals surface area contributed by atoms with Gasteiger partial charge in [0.25, 0.3) is 5.91 Å². The summed E-state index contributed by atoms with van der Waals surface area (Å²) < 4.78 is 0. The fourth-order valence-electron chi connectivity index (χ4n) is 2.37. The first kappa shape index (κ1) is 13.1. The lowest BCUT2D eigenvalue weighted by Crippen LogP contribution is -2.41. The van der Waals surface area contributed by atoms with Crippen molar-refractivity contribution in [1.82, 2.24) is 0 Å². The van der Waals surface area contributed by atoms with Crippen LogP contribution < -0.4 is 16.4 Å². The minimum absolute atomic E-state index is 0.348. The Morgan fingerprint density at radius 2 is 2.00 bits per heavy atom. The van der Waals surface area contributed by atoms with Crippen molar-refractivity contribution in [2.24, 2.45) is 11.5 Å². The lowest BCUT2D eigenvalue weighted by molar-refractivity contribution is -0.127. The summed E-state index contributed by atoms with van der Waals surface area (Å²) in [6.45, 7) is 2.03. The largest absolute Gasteiger partial charge is 0.369 e. The highest BCUT2D eigenvalue weighted by Gasteiger charge is 2.43. The second-order valence-electron chi connectivity index (χ2n) is 4.49. The molecule has 0 saturated carbocycles. The second kappa shape index (κ2) is 4.72. The van der Waals surface area contributed by atoms with E-state index in [1.165, 1.54) is 0 Å². The number of imide groups is 1. The summed E-state index contributed by atoms with van der Waals surface area (Å²) in [5.74, 6) is -2.58. The second-order valence-corrected chi connectivity index (χ2v) is 4.49. The number of rotatable bonds is 3. The van der Waals surface area contributed by atoms with Crippen LogP contribution in [0.3, 0.4) is 0 Å². The standard InChI is InChI=1S/C13H15N3O3/c1-2-3-7-4-5-9-8(6-7)10(11(14)17)12(18)16(9)13(15)19/h4-6,10H,2-3H2,1H3,(H2,14,17)(H2,15,19). The van der Waals surface area contributed by atoms with Gasteiger partial charge in [-0.15, -0.1) is 0 Å². The molecule has 2 rings (SSSR count). The third kappa shape index (κ3) is 2.05. The monoisotopic (exact) mass is 261 g/mol. The Labute approximate surface area is 110 Å². The van der Waals surface area contributed by atoms with Gasteiger partial charge in [-0.05, 0) is 23.6 Å². The van der Waals surface area contributed by atoms with Crippen LogP contribution in [-0.4, -0.2) is 17.8 Å². The van der Waals surface area contributed by atoms with Crippen molar-refractivity contribution in [3.8, 4) is 0 Å². The number of hydrogen-bond acceptors (Lipinski definition) is 3. The predicted molar refractivity (Wildman–Crippen MR) is 69.4 cm³/mol. The van der Waals surface area contributed by atoms with E-state index < -0.39 is 23.8 Å². The van der Waals surface area contributed by atoms with Crippen LogP contribution in [0.1, 0.15) is 30.4 Å². The Balaban J connectivity index is 2.56. The average Bonchev–Trinajstić information content (AvgIpc) is 2.60. The van der Waals surface area contributed by atoms with Gasteiger partial charge in [0, 0.05) is 0 Å². The molecule has 0 spiro atoms. The Bertz CT molecular complexity index is 568. The quantitative estimate of drug-likeness (QED) is 0.779. The highest BCUT2D eigenvalue weighted by molar-refractivity contribution is 6.26. The van der Waals surface area contributed by atoms with Crippen LogP contribution in [-0.2, 0) is 16.0 Å². The van der Waals surface area contributed by atoms with E-state index in [1.807, 2.05) is 13.0 Å². The highest BCUT2D eigenvalue weighted by atomic mass is 16.2. The average molecular weight is 261 g/mol. The van der Waals surface area contributed by atoms with E-state index in [2.05, 4.69) is 0 Å². The van der Waals surface area contributed by atoms with Gasteiger partial charge < -0.3 is 11.5 Å². The van der Waals surface area contributed by atoms with Crippen LogP contribution in [0.4, 0.5) is 10.5 Å². The van der Waals surface area contributed by atoms with Gasteiger partial charge >= 0.3 is 6.03 Å². The number of aryl methyl sites for hydroxylation is 1. The number of nitrogens with zero attached hydrogens (tertiary/aromatic N) is 1. The summed E-state index contributed by atoms with van der Waals surface area (Å²) in [6, 6.07) is 4.29. The lowest BCUT2D eigenvalue weighted by atomic mass is 9.97. The van der Waals surface area contributed by atoms with E-state index in [0.29, 0.717) is 11.3 Å². The molecule has 1 aliphatic heterocycles. The molecule has 1 aliphatic rings. The molecule has 1 heterocycles. The van der Waals surface area contributed by atoms with Crippen LogP contribution >= 0.6 is 0 Å². The topological polar surface area (TPSA) is 106 Å². The number of urea groups is 1. The summed E-state index contributed by atoms with van der Waals surface area (Å²) >= 11 is 0. The van der Waals surface area contributed by atoms with Gasteiger partial charge in [0.1, 0.15) is 5.92 Å². The van der Waals surface area contributed by atoms with Crippen LogP contribution in [0.5, 0.6) is 0 Å². The molecule has 1 unspecified atom stereocenters. The normalized spacial score (nSPS) is 17.4. The lowest BCUT2D eigenvalue weighted by Gasteiger charge is -2.12. The summed E-state index contributed by atoms with van der Waals surface area (Å²) in [5.41, 5.74) is 12.2. The summed E-state index contributed by atoms with van der Waals surface area (Å²) in [5, 5.41) is 0. The minimum Gasteiger partial charge on any atom is -0.369 e. The van der Waals surface area contributed by atoms with Crippen molar-refractivity contribution in [2.45, 2.75) is 25.7 Å². The van der Waals surface area contributed by atoms with Crippen molar-refractivity contribution in [2.75, 3.05) is 4.90 Å². The molecule has 1 aromatic carbocycles. The molecule has 4 amide bonds. The van der Waals surface area contributed by atoms with Crippen LogP contribution in [0.25, 0.3) is 0 Å². The summed E-state index contributed by atoms with van der Waals surface area (Å²) in [4.78, 5) is 35.6. The fraction of sp³-hybridized carbons (Fsp3) is 0.308. The first-order valence-corrected chi connectivity index (χ1v) is 6.03. The molecule has 1 aromatic rings. The molecule has 0 aliphatic carbocycles. The third-order valence-electron chi connectivity index (χ3n) is 3.15. The van der Waals surface area contributed by atoms with Gasteiger partial charge in [-0.3, -0.25) is 9.59 Å². The van der Waals surface area contributed by atoms with Gasteiger partial charge in [-0.2, -0.15) is 0 Å². The maximum Gasteiger partial charge on any atom is 0.326 e. The number of nitrogens with two attached hydrogens (primary N) is 2. The number of fused-ring (bicyclic) bond motifs is 1. The number of primary amides is 2. The van der Waals surface area contributed by atoms with E-state index in [0.717, 1.165) is 23.3 Å². The van der Waals surface area contributed by atoms with Crippen molar-refractivity contribution in [3.05, 3.63) is 29.3 Å². The van der Waals surface area contributed by atoms with Crippen molar-refractivity contribution < 1.29 is 14.4 Å². The van der Waals surface area contributed by atoms with Gasteiger partial charge in [0.05, 0.1) is 5.69 Å². The Morgan fingerprint density at radius 3 is 2.53 bits per heavy atom. The van der Waals surface area contributed by atoms with Crippen molar-refractivity contribution >= 4 is 23.5 Å². The van der Waals surface area contributed by atoms with Gasteiger partial charge in [0.15, 0.2) is 0 Å². The van der Waals surface area contributed by atoms with Crippen LogP contribution in [0.15, 0.2) is 18.2 Å². The maximum absolute atomic E-state index is 12.0. The number of carbonyl (C=O) groups excluding carboxylic acids is 3. The number of benzene rings is 1. The van der Waals surface area contributed by atoms with E-state index in [-0.39, 0.29) is 0 Å². The molecule has 0 saturated heterocycles. The van der Waals surface area contributed by atoms with Crippen LogP contribution in [0.2, 0.25) is 0 Å². The van der Waals surface area contributed by atoms with E-state index in [1.54, 1.807) is 12.1 Å². The predicted octanol–water partition coefficient (Wildman–Crippen LogP) is 0.633. The number of carbonyl (C=O) groups is 3. The molecule has 19 heavy (non-hydrogen) atoms. The fourth-order valence-corrected chi connectivity index (χ4v) is 2.37. The van der Waals surface area contributed by atoms with Crippen molar-refractivity contribution in [1.29, 1.82) is 0 Å². The number of anilines is 1.